The molecule has 0 spiro atoms. The van der Waals surface area contributed by atoms with E-state index in [4.69, 9.17) is 9.84 Å². The number of aliphatic hydroxyl groups is 1. The van der Waals surface area contributed by atoms with Crippen LogP contribution in [-0.4, -0.2) is 47.1 Å². The highest BCUT2D eigenvalue weighted by Crippen LogP contribution is 2.29. The van der Waals surface area contributed by atoms with E-state index < -0.39 is 24.1 Å². The van der Waals surface area contributed by atoms with Crippen molar-refractivity contribution >= 4 is 17.9 Å². The van der Waals surface area contributed by atoms with Crippen LogP contribution in [0.4, 0.5) is 4.79 Å². The van der Waals surface area contributed by atoms with Crippen molar-refractivity contribution in [1.29, 1.82) is 0 Å². The Balaban J connectivity index is 1.70. The number of hydrogen-bond donors (Lipinski definition) is 2. The van der Waals surface area contributed by atoms with Crippen molar-refractivity contribution in [1.82, 2.24) is 10.2 Å². The third-order valence-electron chi connectivity index (χ3n) is 4.02. The number of aliphatic hydroxyl groups excluding tert-OH is 1. The number of carbonyl (C=O) groups excluding carboxylic acids is 3. The predicted molar refractivity (Wildman–Crippen MR) is 82.5 cm³/mol. The summed E-state index contributed by atoms with van der Waals surface area (Å²) < 4.78 is 5.36. The predicted octanol–water partition coefficient (Wildman–Crippen LogP) is 0.329. The Morgan fingerprint density at radius 2 is 2.00 bits per heavy atom. The summed E-state index contributed by atoms with van der Waals surface area (Å²) in [5.41, 5.74) is 1.55. The minimum absolute atomic E-state index is 0.205. The number of nitrogens with zero attached hydrogens (tertiary/aromatic N) is 1. The van der Waals surface area contributed by atoms with Gasteiger partial charge in [-0.25, -0.2) is 4.79 Å². The third kappa shape index (κ3) is 3.24. The lowest BCUT2D eigenvalue weighted by Gasteiger charge is -2.27. The van der Waals surface area contributed by atoms with Gasteiger partial charge in [-0.1, -0.05) is 24.0 Å². The molecule has 2 saturated heterocycles. The Hall–Kier alpha value is -2.85. The summed E-state index contributed by atoms with van der Waals surface area (Å²) in [6, 6.07) is 6.48. The number of benzene rings is 1. The van der Waals surface area contributed by atoms with Crippen LogP contribution in [0.5, 0.6) is 0 Å². The fourth-order valence-corrected chi connectivity index (χ4v) is 2.81. The van der Waals surface area contributed by atoms with Crippen LogP contribution in [-0.2, 0) is 14.3 Å². The van der Waals surface area contributed by atoms with E-state index in [9.17, 15) is 14.4 Å². The van der Waals surface area contributed by atoms with Crippen molar-refractivity contribution in [2.75, 3.05) is 13.2 Å². The number of ether oxygens (including phenoxy) is 1. The zero-order valence-corrected chi connectivity index (χ0v) is 12.8. The Labute approximate surface area is 138 Å². The van der Waals surface area contributed by atoms with Crippen molar-refractivity contribution < 1.29 is 24.2 Å². The normalized spacial score (nSPS) is 23.4. The van der Waals surface area contributed by atoms with Crippen LogP contribution in [0.3, 0.4) is 0 Å². The van der Waals surface area contributed by atoms with Gasteiger partial charge in [0.1, 0.15) is 18.8 Å². The maximum Gasteiger partial charge on any atom is 0.411 e. The molecule has 24 heavy (non-hydrogen) atoms. The number of hydrogen-bond acceptors (Lipinski definition) is 5. The number of nitrogens with one attached hydrogen (secondary N) is 1. The molecule has 1 aromatic carbocycles. The number of cyclic esters (lactones) is 1. The molecule has 0 radical (unpaired) electrons. The highest BCUT2D eigenvalue weighted by Gasteiger charge is 2.41. The Morgan fingerprint density at radius 1 is 1.25 bits per heavy atom. The van der Waals surface area contributed by atoms with Gasteiger partial charge in [0.25, 0.3) is 0 Å². The first kappa shape index (κ1) is 16.0. The first-order valence-corrected chi connectivity index (χ1v) is 7.59. The molecule has 0 bridgehead atoms. The molecule has 0 aromatic heterocycles. The summed E-state index contributed by atoms with van der Waals surface area (Å²) in [5, 5.41) is 10.9. The van der Waals surface area contributed by atoms with Crippen molar-refractivity contribution in [3.8, 4) is 11.8 Å². The summed E-state index contributed by atoms with van der Waals surface area (Å²) >= 11 is 0. The first-order chi connectivity index (χ1) is 11.6. The lowest BCUT2D eigenvalue weighted by molar-refractivity contribution is -0.136. The molecule has 3 amide bonds. The second kappa shape index (κ2) is 6.72. The Bertz CT molecular complexity index is 732. The van der Waals surface area contributed by atoms with E-state index in [0.717, 1.165) is 11.1 Å². The second-order valence-electron chi connectivity index (χ2n) is 5.57. The summed E-state index contributed by atoms with van der Waals surface area (Å²) in [6.07, 6.45) is -0.507. The molecule has 3 rings (SSSR count). The van der Waals surface area contributed by atoms with E-state index in [2.05, 4.69) is 17.2 Å². The zero-order chi connectivity index (χ0) is 17.1. The van der Waals surface area contributed by atoms with Gasteiger partial charge in [-0.05, 0) is 24.1 Å². The molecule has 2 heterocycles. The van der Waals surface area contributed by atoms with Crippen molar-refractivity contribution in [2.24, 2.45) is 0 Å². The molecule has 2 fully saturated rings. The van der Waals surface area contributed by atoms with Crippen molar-refractivity contribution in [3.05, 3.63) is 35.4 Å². The van der Waals surface area contributed by atoms with Gasteiger partial charge in [0.15, 0.2) is 0 Å². The molecular weight excluding hydrogens is 312 g/mol. The molecular formula is C17H16N2O5. The number of rotatable bonds is 2. The smallest absolute Gasteiger partial charge is 0.411 e. The summed E-state index contributed by atoms with van der Waals surface area (Å²) in [6.45, 7) is 0.0513. The molecule has 0 aliphatic carbocycles. The van der Waals surface area contributed by atoms with E-state index in [0.29, 0.717) is 6.42 Å². The van der Waals surface area contributed by atoms with Crippen molar-refractivity contribution in [3.63, 3.8) is 0 Å². The van der Waals surface area contributed by atoms with Gasteiger partial charge in [-0.3, -0.25) is 19.8 Å². The van der Waals surface area contributed by atoms with Crippen LogP contribution in [0.1, 0.15) is 30.1 Å². The molecule has 2 aliphatic rings. The summed E-state index contributed by atoms with van der Waals surface area (Å²) in [5.74, 6) is 4.57. The molecule has 7 nitrogen and oxygen atoms in total. The molecule has 7 heteroatoms. The van der Waals surface area contributed by atoms with Crippen LogP contribution >= 0.6 is 0 Å². The topological polar surface area (TPSA) is 95.9 Å². The maximum atomic E-state index is 12.1. The fourth-order valence-electron chi connectivity index (χ4n) is 2.81. The van der Waals surface area contributed by atoms with Gasteiger partial charge < -0.3 is 9.84 Å². The van der Waals surface area contributed by atoms with Crippen LogP contribution in [0.15, 0.2) is 24.3 Å². The minimum Gasteiger partial charge on any atom is -0.439 e. The molecule has 2 atom stereocenters. The summed E-state index contributed by atoms with van der Waals surface area (Å²) in [7, 11) is 0. The van der Waals surface area contributed by atoms with Crippen molar-refractivity contribution in [2.45, 2.75) is 25.0 Å². The SMILES string of the molecule is O=C1CCC(N2CC(c3ccc(C#CCO)cc3)OC2=O)C(=O)N1. The van der Waals surface area contributed by atoms with Crippen LogP contribution < -0.4 is 5.32 Å². The van der Waals surface area contributed by atoms with Crippen LogP contribution in [0.25, 0.3) is 0 Å². The van der Waals surface area contributed by atoms with E-state index in [1.54, 1.807) is 24.3 Å². The first-order valence-electron chi connectivity index (χ1n) is 7.59. The maximum absolute atomic E-state index is 12.1. The number of carbonyl (C=O) groups is 3. The number of piperidine rings is 1. The Kier molecular flexibility index (Phi) is 4.49. The molecule has 0 saturated carbocycles. The van der Waals surface area contributed by atoms with E-state index in [-0.39, 0.29) is 25.5 Å². The minimum atomic E-state index is -0.671. The van der Waals surface area contributed by atoms with Crippen LogP contribution in [0.2, 0.25) is 0 Å². The fraction of sp³-hybridized carbons (Fsp3) is 0.353. The van der Waals surface area contributed by atoms with Gasteiger partial charge in [-0.2, -0.15) is 0 Å². The Morgan fingerprint density at radius 3 is 2.67 bits per heavy atom. The third-order valence-corrected chi connectivity index (χ3v) is 4.02. The highest BCUT2D eigenvalue weighted by atomic mass is 16.6. The highest BCUT2D eigenvalue weighted by molar-refractivity contribution is 6.01. The average molecular weight is 328 g/mol. The number of amides is 3. The van der Waals surface area contributed by atoms with Gasteiger partial charge in [-0.15, -0.1) is 0 Å². The van der Waals surface area contributed by atoms with Gasteiger partial charge in [0.2, 0.25) is 11.8 Å². The van der Waals surface area contributed by atoms with Gasteiger partial charge in [0.05, 0.1) is 6.54 Å². The molecule has 2 aliphatic heterocycles. The average Bonchev–Trinajstić information content (AvgIpc) is 2.95. The molecule has 2 unspecified atom stereocenters. The quantitative estimate of drug-likeness (QED) is 0.602. The lowest BCUT2D eigenvalue weighted by Crippen LogP contribution is -2.52. The zero-order valence-electron chi connectivity index (χ0n) is 12.8. The summed E-state index contributed by atoms with van der Waals surface area (Å²) in [4.78, 5) is 36.6. The van der Waals surface area contributed by atoms with Gasteiger partial charge >= 0.3 is 6.09 Å². The number of imide groups is 1. The lowest BCUT2D eigenvalue weighted by atomic mass is 10.0. The van der Waals surface area contributed by atoms with Crippen LogP contribution in [0, 0.1) is 11.8 Å². The van der Waals surface area contributed by atoms with Gasteiger partial charge in [0, 0.05) is 12.0 Å². The molecule has 1 aromatic rings. The standard InChI is InChI=1S/C17H16N2O5/c20-9-1-2-11-3-5-12(6-4-11)14-10-19(17(23)24-14)13-7-8-15(21)18-16(13)22/h3-6,13-14,20H,7-10H2,(H,18,21,22). The van der Waals surface area contributed by atoms with E-state index >= 15 is 0 Å². The second-order valence-corrected chi connectivity index (χ2v) is 5.57. The molecule has 124 valence electrons. The van der Waals surface area contributed by atoms with E-state index in [1.807, 2.05) is 0 Å². The monoisotopic (exact) mass is 328 g/mol. The van der Waals surface area contributed by atoms with E-state index in [1.165, 1.54) is 4.90 Å². The molecule has 2 N–H and O–H groups in total. The largest absolute Gasteiger partial charge is 0.439 e.